The van der Waals surface area contributed by atoms with E-state index in [1.165, 1.54) is 25.7 Å². The summed E-state index contributed by atoms with van der Waals surface area (Å²) in [5.74, 6) is 2.91. The summed E-state index contributed by atoms with van der Waals surface area (Å²) in [5.41, 5.74) is 3.57. The molecule has 1 aromatic carbocycles. The van der Waals surface area contributed by atoms with Crippen LogP contribution in [0, 0.1) is 6.92 Å². The Morgan fingerprint density at radius 3 is 2.61 bits per heavy atom. The van der Waals surface area contributed by atoms with E-state index in [1.54, 1.807) is 19.8 Å². The summed E-state index contributed by atoms with van der Waals surface area (Å²) in [6, 6.07) is 7.84. The van der Waals surface area contributed by atoms with Gasteiger partial charge in [0.25, 0.3) is 0 Å². The predicted molar refractivity (Wildman–Crippen MR) is 113 cm³/mol. The largest absolute Gasteiger partial charge is 0.493 e. The molecular weight excluding hydrogens is 352 g/mol. The van der Waals surface area contributed by atoms with Gasteiger partial charge in [-0.15, -0.1) is 0 Å². The number of nitrogens with zero attached hydrogens (tertiary/aromatic N) is 2. The monoisotopic (exact) mass is 382 g/mol. The van der Waals surface area contributed by atoms with Crippen LogP contribution >= 0.6 is 0 Å². The first kappa shape index (κ1) is 20.0. The van der Waals surface area contributed by atoms with E-state index < -0.39 is 0 Å². The zero-order chi connectivity index (χ0) is 19.8. The Hall–Kier alpha value is -2.76. The molecule has 1 aromatic heterocycles. The SMILES string of the molecule is COc1ccc(CNc2nc(C)cc(NCCC3=CCCCC3)n2)cc1OC. The van der Waals surface area contributed by atoms with Gasteiger partial charge in [0.05, 0.1) is 14.2 Å². The van der Waals surface area contributed by atoms with Crippen LogP contribution in [0.5, 0.6) is 11.5 Å². The van der Waals surface area contributed by atoms with Crippen molar-refractivity contribution in [2.45, 2.75) is 45.6 Å². The molecule has 0 spiro atoms. The van der Waals surface area contributed by atoms with E-state index in [-0.39, 0.29) is 0 Å². The summed E-state index contributed by atoms with van der Waals surface area (Å²) >= 11 is 0. The normalized spacial score (nSPS) is 13.6. The van der Waals surface area contributed by atoms with E-state index in [0.29, 0.717) is 18.2 Å². The molecule has 0 unspecified atom stereocenters. The van der Waals surface area contributed by atoms with E-state index in [2.05, 4.69) is 26.7 Å². The van der Waals surface area contributed by atoms with Gasteiger partial charge in [0.15, 0.2) is 11.5 Å². The van der Waals surface area contributed by atoms with Crippen LogP contribution in [0.1, 0.15) is 43.4 Å². The average molecular weight is 383 g/mol. The van der Waals surface area contributed by atoms with Gasteiger partial charge in [-0.3, -0.25) is 0 Å². The molecule has 150 valence electrons. The molecule has 6 heteroatoms. The van der Waals surface area contributed by atoms with Crippen LogP contribution < -0.4 is 20.1 Å². The van der Waals surface area contributed by atoms with E-state index in [1.807, 2.05) is 31.2 Å². The summed E-state index contributed by atoms with van der Waals surface area (Å²) in [6.45, 7) is 3.49. The van der Waals surface area contributed by atoms with E-state index in [4.69, 9.17) is 9.47 Å². The van der Waals surface area contributed by atoms with Crippen molar-refractivity contribution in [3.8, 4) is 11.5 Å². The summed E-state index contributed by atoms with van der Waals surface area (Å²) < 4.78 is 10.6. The number of benzene rings is 1. The summed E-state index contributed by atoms with van der Waals surface area (Å²) in [7, 11) is 3.27. The first-order valence-electron chi connectivity index (χ1n) is 9.90. The van der Waals surface area contributed by atoms with E-state index >= 15 is 0 Å². The minimum atomic E-state index is 0.607. The zero-order valence-electron chi connectivity index (χ0n) is 17.0. The van der Waals surface area contributed by atoms with Crippen molar-refractivity contribution in [2.75, 3.05) is 31.4 Å². The molecule has 1 heterocycles. The molecule has 1 aliphatic carbocycles. The van der Waals surface area contributed by atoms with Gasteiger partial charge < -0.3 is 20.1 Å². The molecule has 0 bridgehead atoms. The van der Waals surface area contributed by atoms with Crippen LogP contribution in [0.15, 0.2) is 35.9 Å². The Labute approximate surface area is 167 Å². The van der Waals surface area contributed by atoms with Crippen molar-refractivity contribution >= 4 is 11.8 Å². The fourth-order valence-electron chi connectivity index (χ4n) is 3.39. The van der Waals surface area contributed by atoms with Crippen LogP contribution in [0.3, 0.4) is 0 Å². The maximum atomic E-state index is 5.36. The molecule has 1 aliphatic rings. The predicted octanol–water partition coefficient (Wildman–Crippen LogP) is 4.72. The van der Waals surface area contributed by atoms with E-state index in [0.717, 1.165) is 35.8 Å². The zero-order valence-corrected chi connectivity index (χ0v) is 17.0. The molecule has 0 saturated heterocycles. The summed E-state index contributed by atoms with van der Waals surface area (Å²) in [6.07, 6.45) is 8.60. The van der Waals surface area contributed by atoms with Gasteiger partial charge in [0.2, 0.25) is 5.95 Å². The van der Waals surface area contributed by atoms with Gasteiger partial charge in [-0.25, -0.2) is 4.98 Å². The molecule has 2 aromatic rings. The van der Waals surface area contributed by atoms with Crippen LogP contribution in [-0.2, 0) is 6.54 Å². The van der Waals surface area contributed by atoms with Crippen molar-refractivity contribution in [3.63, 3.8) is 0 Å². The highest BCUT2D eigenvalue weighted by atomic mass is 16.5. The number of aromatic nitrogens is 2. The second-order valence-corrected chi connectivity index (χ2v) is 7.05. The highest BCUT2D eigenvalue weighted by molar-refractivity contribution is 5.45. The van der Waals surface area contributed by atoms with Gasteiger partial charge in [0, 0.05) is 24.8 Å². The molecule has 6 nitrogen and oxygen atoms in total. The standard InChI is InChI=1S/C22H30N4O2/c1-16-13-21(23-12-11-17-7-5-4-6-8-17)26-22(25-16)24-15-18-9-10-19(27-2)20(14-18)28-3/h7,9-10,13-14H,4-6,8,11-12,15H2,1-3H3,(H2,23,24,25,26). The third-order valence-electron chi connectivity index (χ3n) is 4.89. The molecule has 2 N–H and O–H groups in total. The van der Waals surface area contributed by atoms with Crippen molar-refractivity contribution in [3.05, 3.63) is 47.2 Å². The topological polar surface area (TPSA) is 68.3 Å². The molecule has 0 aliphatic heterocycles. The van der Waals surface area contributed by atoms with Crippen molar-refractivity contribution < 1.29 is 9.47 Å². The average Bonchev–Trinajstić information content (AvgIpc) is 2.72. The van der Waals surface area contributed by atoms with Gasteiger partial charge in [-0.2, -0.15) is 4.98 Å². The molecule has 0 fully saturated rings. The van der Waals surface area contributed by atoms with Crippen LogP contribution in [-0.4, -0.2) is 30.7 Å². The Bertz CT molecular complexity index is 820. The number of nitrogens with one attached hydrogen (secondary N) is 2. The highest BCUT2D eigenvalue weighted by Gasteiger charge is 2.07. The number of aryl methyl sites for hydroxylation is 1. The second-order valence-electron chi connectivity index (χ2n) is 7.05. The Morgan fingerprint density at radius 1 is 1.00 bits per heavy atom. The minimum Gasteiger partial charge on any atom is -0.493 e. The first-order valence-corrected chi connectivity index (χ1v) is 9.90. The van der Waals surface area contributed by atoms with E-state index in [9.17, 15) is 0 Å². The van der Waals surface area contributed by atoms with Gasteiger partial charge in [-0.1, -0.05) is 17.7 Å². The van der Waals surface area contributed by atoms with Crippen LogP contribution in [0.4, 0.5) is 11.8 Å². The maximum Gasteiger partial charge on any atom is 0.225 e. The molecule has 0 saturated carbocycles. The fraction of sp³-hybridized carbons (Fsp3) is 0.455. The number of hydrogen-bond acceptors (Lipinski definition) is 6. The number of ether oxygens (including phenoxy) is 2. The highest BCUT2D eigenvalue weighted by Crippen LogP contribution is 2.27. The van der Waals surface area contributed by atoms with Gasteiger partial charge in [0.1, 0.15) is 5.82 Å². The number of anilines is 2. The van der Waals surface area contributed by atoms with Gasteiger partial charge >= 0.3 is 0 Å². The summed E-state index contributed by atoms with van der Waals surface area (Å²) in [4.78, 5) is 9.09. The third kappa shape index (κ3) is 5.62. The third-order valence-corrected chi connectivity index (χ3v) is 4.89. The molecule has 0 amide bonds. The molecule has 0 radical (unpaired) electrons. The molecule has 3 rings (SSSR count). The molecule has 28 heavy (non-hydrogen) atoms. The van der Waals surface area contributed by atoms with Crippen molar-refractivity contribution in [1.29, 1.82) is 0 Å². The smallest absolute Gasteiger partial charge is 0.225 e. The maximum absolute atomic E-state index is 5.36. The van der Waals surface area contributed by atoms with Crippen molar-refractivity contribution in [1.82, 2.24) is 9.97 Å². The molecular formula is C22H30N4O2. The Morgan fingerprint density at radius 2 is 1.86 bits per heavy atom. The number of allylic oxidation sites excluding steroid dienone is 1. The quantitative estimate of drug-likeness (QED) is 0.612. The second kappa shape index (κ2) is 9.97. The lowest BCUT2D eigenvalue weighted by Gasteiger charge is -2.14. The lowest BCUT2D eigenvalue weighted by Crippen LogP contribution is -2.10. The minimum absolute atomic E-state index is 0.607. The number of methoxy groups -OCH3 is 2. The first-order chi connectivity index (χ1) is 13.7. The number of hydrogen-bond donors (Lipinski definition) is 2. The number of rotatable bonds is 9. The Balaban J connectivity index is 1.57. The fourth-order valence-corrected chi connectivity index (χ4v) is 3.39. The summed E-state index contributed by atoms with van der Waals surface area (Å²) in [5, 5.41) is 6.74. The van der Waals surface area contributed by atoms with Gasteiger partial charge in [-0.05, 0) is 56.7 Å². The molecule has 0 atom stereocenters. The Kier molecular flexibility index (Phi) is 7.12. The van der Waals surface area contributed by atoms with Crippen LogP contribution in [0.25, 0.3) is 0 Å². The lowest BCUT2D eigenvalue weighted by molar-refractivity contribution is 0.354. The van der Waals surface area contributed by atoms with Crippen LogP contribution in [0.2, 0.25) is 0 Å². The lowest BCUT2D eigenvalue weighted by atomic mass is 9.97. The van der Waals surface area contributed by atoms with Crippen molar-refractivity contribution in [2.24, 2.45) is 0 Å².